The number of rotatable bonds is 5. The highest BCUT2D eigenvalue weighted by molar-refractivity contribution is 5.37. The molecule has 0 fully saturated rings. The molecule has 18 heavy (non-hydrogen) atoms. The molecule has 1 aliphatic rings. The number of unbranched alkanes of at least 4 members (excludes halogenated alkanes) is 1. The van der Waals surface area contributed by atoms with Gasteiger partial charge < -0.3 is 5.32 Å². The summed E-state index contributed by atoms with van der Waals surface area (Å²) in [4.78, 5) is 0. The Morgan fingerprint density at radius 3 is 2.78 bits per heavy atom. The molecule has 100 valence electrons. The molecule has 0 bridgehead atoms. The minimum atomic E-state index is 0.337. The first-order valence-corrected chi connectivity index (χ1v) is 7.38. The third-order valence-corrected chi connectivity index (χ3v) is 4.24. The first-order chi connectivity index (χ1) is 8.54. The van der Waals surface area contributed by atoms with Crippen molar-refractivity contribution in [3.63, 3.8) is 0 Å². The molecule has 0 radical (unpaired) electrons. The minimum absolute atomic E-state index is 0.337. The van der Waals surface area contributed by atoms with E-state index < -0.39 is 0 Å². The van der Waals surface area contributed by atoms with Gasteiger partial charge in [0.05, 0.1) is 0 Å². The second-order valence-corrected chi connectivity index (χ2v) is 6.51. The van der Waals surface area contributed by atoms with Crippen molar-refractivity contribution < 1.29 is 0 Å². The Labute approximate surface area is 112 Å². The summed E-state index contributed by atoms with van der Waals surface area (Å²) in [5.74, 6) is 0. The van der Waals surface area contributed by atoms with E-state index in [0.29, 0.717) is 17.5 Å². The molecule has 0 saturated carbocycles. The molecule has 1 N–H and O–H groups in total. The standard InChI is InChI=1S/C17H27N/c1-5-6-9-13(2)18-16-15-11-8-7-10-14(15)12-17(16,3)4/h7-8,10-11,13,16,18H,5-6,9,12H2,1-4H3. The summed E-state index contributed by atoms with van der Waals surface area (Å²) in [7, 11) is 0. The first kappa shape index (κ1) is 13.6. The lowest BCUT2D eigenvalue weighted by molar-refractivity contribution is 0.247. The highest BCUT2D eigenvalue weighted by atomic mass is 15.0. The van der Waals surface area contributed by atoms with Gasteiger partial charge in [0.25, 0.3) is 0 Å². The molecule has 2 atom stereocenters. The fourth-order valence-electron chi connectivity index (χ4n) is 3.18. The van der Waals surface area contributed by atoms with Crippen LogP contribution >= 0.6 is 0 Å². The van der Waals surface area contributed by atoms with Gasteiger partial charge in [0.1, 0.15) is 0 Å². The lowest BCUT2D eigenvalue weighted by Gasteiger charge is -2.31. The third-order valence-electron chi connectivity index (χ3n) is 4.24. The minimum Gasteiger partial charge on any atom is -0.307 e. The van der Waals surface area contributed by atoms with Crippen LogP contribution < -0.4 is 5.32 Å². The van der Waals surface area contributed by atoms with Crippen molar-refractivity contribution in [1.82, 2.24) is 5.32 Å². The zero-order chi connectivity index (χ0) is 13.2. The van der Waals surface area contributed by atoms with Gasteiger partial charge in [-0.15, -0.1) is 0 Å². The van der Waals surface area contributed by atoms with Crippen molar-refractivity contribution in [2.75, 3.05) is 0 Å². The van der Waals surface area contributed by atoms with Crippen LogP contribution in [-0.4, -0.2) is 6.04 Å². The lowest BCUT2D eigenvalue weighted by Crippen LogP contribution is -2.37. The molecule has 2 rings (SSSR count). The Morgan fingerprint density at radius 1 is 1.33 bits per heavy atom. The number of benzene rings is 1. The van der Waals surface area contributed by atoms with Crippen molar-refractivity contribution in [2.45, 2.75) is 65.5 Å². The first-order valence-electron chi connectivity index (χ1n) is 7.38. The number of fused-ring (bicyclic) bond motifs is 1. The average molecular weight is 245 g/mol. The molecule has 0 aliphatic heterocycles. The average Bonchev–Trinajstić information content (AvgIpc) is 2.58. The largest absolute Gasteiger partial charge is 0.307 e. The number of hydrogen-bond donors (Lipinski definition) is 1. The molecule has 2 unspecified atom stereocenters. The van der Waals surface area contributed by atoms with E-state index in [9.17, 15) is 0 Å². The fraction of sp³-hybridized carbons (Fsp3) is 0.647. The SMILES string of the molecule is CCCCC(C)NC1c2ccccc2CC1(C)C. The monoisotopic (exact) mass is 245 g/mol. The van der Waals surface area contributed by atoms with Crippen LogP contribution in [0.15, 0.2) is 24.3 Å². The van der Waals surface area contributed by atoms with Gasteiger partial charge >= 0.3 is 0 Å². The van der Waals surface area contributed by atoms with Gasteiger partial charge in [-0.3, -0.25) is 0 Å². The predicted molar refractivity (Wildman–Crippen MR) is 78.8 cm³/mol. The van der Waals surface area contributed by atoms with Crippen LogP contribution in [0.4, 0.5) is 0 Å². The second kappa shape index (κ2) is 5.44. The molecular weight excluding hydrogens is 218 g/mol. The van der Waals surface area contributed by atoms with E-state index in [0.717, 1.165) is 0 Å². The molecule has 1 aromatic rings. The Bertz CT molecular complexity index is 394. The van der Waals surface area contributed by atoms with Crippen LogP contribution in [0.1, 0.15) is 64.1 Å². The van der Waals surface area contributed by atoms with Crippen LogP contribution in [0.5, 0.6) is 0 Å². The lowest BCUT2D eigenvalue weighted by atomic mass is 9.85. The highest BCUT2D eigenvalue weighted by Crippen LogP contribution is 2.45. The predicted octanol–water partition coefficient (Wildman–Crippen LogP) is 4.48. The highest BCUT2D eigenvalue weighted by Gasteiger charge is 2.38. The maximum Gasteiger partial charge on any atom is 0.0379 e. The topological polar surface area (TPSA) is 12.0 Å². The summed E-state index contributed by atoms with van der Waals surface area (Å²) in [6, 6.07) is 10.0. The third kappa shape index (κ3) is 2.77. The van der Waals surface area contributed by atoms with Crippen LogP contribution in [0.3, 0.4) is 0 Å². The zero-order valence-corrected chi connectivity index (χ0v) is 12.3. The molecule has 1 aromatic carbocycles. The second-order valence-electron chi connectivity index (χ2n) is 6.51. The Kier molecular flexibility index (Phi) is 4.11. The molecular formula is C17H27N. The van der Waals surface area contributed by atoms with Gasteiger partial charge in [-0.25, -0.2) is 0 Å². The van der Waals surface area contributed by atoms with E-state index in [1.165, 1.54) is 36.8 Å². The maximum atomic E-state index is 3.86. The normalized spacial score (nSPS) is 22.8. The molecule has 0 aromatic heterocycles. The molecule has 1 aliphatic carbocycles. The number of hydrogen-bond acceptors (Lipinski definition) is 1. The smallest absolute Gasteiger partial charge is 0.0379 e. The van der Waals surface area contributed by atoms with Crippen molar-refractivity contribution in [3.8, 4) is 0 Å². The Balaban J connectivity index is 2.11. The molecule has 1 nitrogen and oxygen atoms in total. The van der Waals surface area contributed by atoms with Crippen molar-refractivity contribution in [2.24, 2.45) is 5.41 Å². The van der Waals surface area contributed by atoms with Gasteiger partial charge in [-0.1, -0.05) is 57.9 Å². The summed E-state index contributed by atoms with van der Waals surface area (Å²) >= 11 is 0. The summed E-state index contributed by atoms with van der Waals surface area (Å²) in [5, 5.41) is 3.86. The van der Waals surface area contributed by atoms with Crippen molar-refractivity contribution >= 4 is 0 Å². The van der Waals surface area contributed by atoms with E-state index in [-0.39, 0.29) is 0 Å². The van der Waals surface area contributed by atoms with Gasteiger partial charge in [-0.2, -0.15) is 0 Å². The Hall–Kier alpha value is -0.820. The molecule has 0 saturated heterocycles. The van der Waals surface area contributed by atoms with Crippen molar-refractivity contribution in [3.05, 3.63) is 35.4 Å². The summed E-state index contributed by atoms with van der Waals surface area (Å²) in [6.07, 6.45) is 5.09. The van der Waals surface area contributed by atoms with Crippen LogP contribution in [-0.2, 0) is 6.42 Å². The van der Waals surface area contributed by atoms with Gasteiger partial charge in [0.2, 0.25) is 0 Å². The fourth-order valence-corrected chi connectivity index (χ4v) is 3.18. The van der Waals surface area contributed by atoms with Crippen molar-refractivity contribution in [1.29, 1.82) is 0 Å². The zero-order valence-electron chi connectivity index (χ0n) is 12.3. The molecule has 1 heteroatoms. The molecule has 0 heterocycles. The molecule has 0 amide bonds. The van der Waals surface area contributed by atoms with Gasteiger partial charge in [0, 0.05) is 12.1 Å². The van der Waals surface area contributed by atoms with Crippen LogP contribution in [0, 0.1) is 5.41 Å². The van der Waals surface area contributed by atoms with Crippen LogP contribution in [0.25, 0.3) is 0 Å². The summed E-state index contributed by atoms with van der Waals surface area (Å²) < 4.78 is 0. The number of nitrogens with one attached hydrogen (secondary N) is 1. The van der Waals surface area contributed by atoms with E-state index in [1.54, 1.807) is 0 Å². The van der Waals surface area contributed by atoms with Gasteiger partial charge in [-0.05, 0) is 36.3 Å². The Morgan fingerprint density at radius 2 is 2.06 bits per heavy atom. The van der Waals surface area contributed by atoms with E-state index in [4.69, 9.17) is 0 Å². The van der Waals surface area contributed by atoms with Gasteiger partial charge in [0.15, 0.2) is 0 Å². The summed E-state index contributed by atoms with van der Waals surface area (Å²) in [6.45, 7) is 9.36. The van der Waals surface area contributed by atoms with E-state index in [2.05, 4.69) is 57.3 Å². The van der Waals surface area contributed by atoms with E-state index in [1.807, 2.05) is 0 Å². The van der Waals surface area contributed by atoms with E-state index >= 15 is 0 Å². The maximum absolute atomic E-state index is 3.86. The summed E-state index contributed by atoms with van der Waals surface area (Å²) in [5.41, 5.74) is 3.39. The quantitative estimate of drug-likeness (QED) is 0.806. The molecule has 0 spiro atoms. The van der Waals surface area contributed by atoms with Crippen LogP contribution in [0.2, 0.25) is 0 Å².